The van der Waals surface area contributed by atoms with Gasteiger partial charge in [-0.3, -0.25) is 4.79 Å². The van der Waals surface area contributed by atoms with Crippen molar-refractivity contribution < 1.29 is 9.21 Å². The topological polar surface area (TPSA) is 50.5 Å². The van der Waals surface area contributed by atoms with Gasteiger partial charge in [-0.2, -0.15) is 0 Å². The van der Waals surface area contributed by atoms with E-state index in [1.807, 2.05) is 6.07 Å². The predicted octanol–water partition coefficient (Wildman–Crippen LogP) is 2.57. The largest absolute Gasteiger partial charge is 0.422 e. The maximum absolute atomic E-state index is 12.0. The molecule has 2 rings (SSSR count). The van der Waals surface area contributed by atoms with E-state index in [0.717, 1.165) is 9.86 Å². The van der Waals surface area contributed by atoms with E-state index in [0.29, 0.717) is 11.1 Å². The fourth-order valence-corrected chi connectivity index (χ4v) is 2.16. The Bertz CT molecular complexity index is 688. The van der Waals surface area contributed by atoms with E-state index >= 15 is 0 Å². The van der Waals surface area contributed by atoms with Crippen molar-refractivity contribution in [1.29, 1.82) is 0 Å². The van der Waals surface area contributed by atoms with Gasteiger partial charge in [-0.05, 0) is 30.7 Å². The van der Waals surface area contributed by atoms with E-state index in [-0.39, 0.29) is 11.5 Å². The molecule has 0 aliphatic rings. The summed E-state index contributed by atoms with van der Waals surface area (Å²) in [6.45, 7) is 1.75. The molecule has 4 nitrogen and oxygen atoms in total. The molecule has 0 saturated carbocycles. The molecule has 0 N–H and O–H groups in total. The maximum atomic E-state index is 12.0. The quantitative estimate of drug-likeness (QED) is 0.761. The van der Waals surface area contributed by atoms with Gasteiger partial charge in [0.25, 0.3) is 5.91 Å². The van der Waals surface area contributed by atoms with E-state index in [1.54, 1.807) is 33.2 Å². The lowest BCUT2D eigenvalue weighted by molar-refractivity contribution is 0.0823. The minimum Gasteiger partial charge on any atom is -0.422 e. The van der Waals surface area contributed by atoms with Crippen LogP contribution >= 0.6 is 15.9 Å². The molecule has 0 atom stereocenters. The molecule has 1 amide bonds. The molecule has 0 bridgehead atoms. The Labute approximate surface area is 112 Å². The van der Waals surface area contributed by atoms with Crippen LogP contribution in [0, 0.1) is 6.92 Å². The second-order valence-corrected chi connectivity index (χ2v) is 5.15. The van der Waals surface area contributed by atoms with Crippen LogP contribution in [-0.4, -0.2) is 24.9 Å². The molecule has 0 saturated heterocycles. The standard InChI is InChI=1S/C13H12BrNO3/c1-7-9-6-8(14)4-5-10(9)18-13(17)11(7)12(16)15(2)3/h4-6H,1-3H3. The molecule has 0 aliphatic heterocycles. The normalized spacial score (nSPS) is 10.7. The number of carbonyl (C=O) groups excluding carboxylic acids is 1. The summed E-state index contributed by atoms with van der Waals surface area (Å²) in [6.07, 6.45) is 0. The highest BCUT2D eigenvalue weighted by molar-refractivity contribution is 9.10. The fraction of sp³-hybridized carbons (Fsp3) is 0.231. The predicted molar refractivity (Wildman–Crippen MR) is 72.9 cm³/mol. The van der Waals surface area contributed by atoms with Crippen molar-refractivity contribution >= 4 is 32.8 Å². The van der Waals surface area contributed by atoms with Crippen LogP contribution < -0.4 is 5.63 Å². The van der Waals surface area contributed by atoms with Gasteiger partial charge in [0.05, 0.1) is 0 Å². The SMILES string of the molecule is Cc1c(C(=O)N(C)C)c(=O)oc2ccc(Br)cc12. The van der Waals surface area contributed by atoms with Gasteiger partial charge < -0.3 is 9.32 Å². The minimum atomic E-state index is -0.596. The summed E-state index contributed by atoms with van der Waals surface area (Å²) in [6, 6.07) is 5.33. The molecule has 1 aromatic carbocycles. The maximum Gasteiger partial charge on any atom is 0.349 e. The highest BCUT2D eigenvalue weighted by atomic mass is 79.9. The van der Waals surface area contributed by atoms with Crippen molar-refractivity contribution in [2.24, 2.45) is 0 Å². The first-order valence-electron chi connectivity index (χ1n) is 5.36. The van der Waals surface area contributed by atoms with E-state index < -0.39 is 5.63 Å². The van der Waals surface area contributed by atoms with Crippen molar-refractivity contribution in [2.45, 2.75) is 6.92 Å². The van der Waals surface area contributed by atoms with Gasteiger partial charge in [0, 0.05) is 24.0 Å². The Hall–Kier alpha value is -1.62. The van der Waals surface area contributed by atoms with Crippen LogP contribution in [0.3, 0.4) is 0 Å². The van der Waals surface area contributed by atoms with Crippen LogP contribution in [0.2, 0.25) is 0 Å². The first-order chi connectivity index (χ1) is 8.41. The first-order valence-corrected chi connectivity index (χ1v) is 6.15. The van der Waals surface area contributed by atoms with Crippen molar-refractivity contribution in [1.82, 2.24) is 4.90 Å². The zero-order chi connectivity index (χ0) is 13.4. The van der Waals surface area contributed by atoms with Gasteiger partial charge in [-0.15, -0.1) is 0 Å². The van der Waals surface area contributed by atoms with Gasteiger partial charge in [0.15, 0.2) is 0 Å². The molecule has 18 heavy (non-hydrogen) atoms. The summed E-state index contributed by atoms with van der Waals surface area (Å²) in [4.78, 5) is 25.2. The average Bonchev–Trinajstić information content (AvgIpc) is 2.30. The molecule has 2 aromatic rings. The summed E-state index contributed by atoms with van der Waals surface area (Å²) < 4.78 is 6.05. The van der Waals surface area contributed by atoms with Crippen LogP contribution in [0.15, 0.2) is 31.9 Å². The summed E-state index contributed by atoms with van der Waals surface area (Å²) in [5, 5.41) is 0.758. The van der Waals surface area contributed by atoms with Gasteiger partial charge >= 0.3 is 5.63 Å². The molecule has 0 radical (unpaired) electrons. The van der Waals surface area contributed by atoms with Crippen LogP contribution in [0.1, 0.15) is 15.9 Å². The number of rotatable bonds is 1. The molecular formula is C13H12BrNO3. The van der Waals surface area contributed by atoms with Crippen molar-refractivity contribution in [2.75, 3.05) is 14.1 Å². The highest BCUT2D eigenvalue weighted by Gasteiger charge is 2.19. The molecule has 0 spiro atoms. The van der Waals surface area contributed by atoms with Crippen LogP contribution in [-0.2, 0) is 0 Å². The van der Waals surface area contributed by atoms with E-state index in [9.17, 15) is 9.59 Å². The van der Waals surface area contributed by atoms with E-state index in [4.69, 9.17) is 4.42 Å². The third kappa shape index (κ3) is 2.06. The van der Waals surface area contributed by atoms with Gasteiger partial charge in [0.1, 0.15) is 11.1 Å². The lowest BCUT2D eigenvalue weighted by Crippen LogP contribution is -2.28. The van der Waals surface area contributed by atoms with Gasteiger partial charge in [0.2, 0.25) is 0 Å². The fourth-order valence-electron chi connectivity index (χ4n) is 1.79. The molecular weight excluding hydrogens is 298 g/mol. The van der Waals surface area contributed by atoms with Crippen LogP contribution in [0.25, 0.3) is 11.0 Å². The molecule has 0 aliphatic carbocycles. The molecule has 94 valence electrons. The Morgan fingerprint density at radius 1 is 1.33 bits per heavy atom. The van der Waals surface area contributed by atoms with Gasteiger partial charge in [-0.25, -0.2) is 4.79 Å². The summed E-state index contributed by atoms with van der Waals surface area (Å²) in [5.41, 5.74) is 0.615. The third-order valence-corrected chi connectivity index (χ3v) is 3.24. The number of benzene rings is 1. The smallest absolute Gasteiger partial charge is 0.349 e. The number of carbonyl (C=O) groups is 1. The molecule has 5 heteroatoms. The average molecular weight is 310 g/mol. The molecule has 0 fully saturated rings. The minimum absolute atomic E-state index is 0.0885. The Kier molecular flexibility index (Phi) is 3.26. The van der Waals surface area contributed by atoms with E-state index in [2.05, 4.69) is 15.9 Å². The molecule has 1 heterocycles. The van der Waals surface area contributed by atoms with Crippen molar-refractivity contribution in [3.63, 3.8) is 0 Å². The lowest BCUT2D eigenvalue weighted by atomic mass is 10.1. The Morgan fingerprint density at radius 2 is 2.00 bits per heavy atom. The van der Waals surface area contributed by atoms with E-state index in [1.165, 1.54) is 4.90 Å². The van der Waals surface area contributed by atoms with Crippen molar-refractivity contribution in [3.05, 3.63) is 44.2 Å². The second-order valence-electron chi connectivity index (χ2n) is 4.23. The van der Waals surface area contributed by atoms with Gasteiger partial charge in [-0.1, -0.05) is 15.9 Å². The number of fused-ring (bicyclic) bond motifs is 1. The summed E-state index contributed by atoms with van der Waals surface area (Å²) >= 11 is 3.36. The van der Waals surface area contributed by atoms with Crippen LogP contribution in [0.5, 0.6) is 0 Å². The lowest BCUT2D eigenvalue weighted by Gasteiger charge is -2.12. The number of nitrogens with zero attached hydrogens (tertiary/aromatic N) is 1. The molecule has 1 aromatic heterocycles. The second kappa shape index (κ2) is 4.57. The Balaban J connectivity index is 2.83. The van der Waals surface area contributed by atoms with Crippen molar-refractivity contribution in [3.8, 4) is 0 Å². The number of halogens is 1. The number of hydrogen-bond donors (Lipinski definition) is 0. The number of hydrogen-bond acceptors (Lipinski definition) is 3. The third-order valence-electron chi connectivity index (χ3n) is 2.75. The molecule has 0 unspecified atom stereocenters. The summed E-state index contributed by atoms with van der Waals surface area (Å²) in [7, 11) is 3.21. The van der Waals surface area contributed by atoms with Crippen LogP contribution in [0.4, 0.5) is 0 Å². The first kappa shape index (κ1) is 12.8. The number of aryl methyl sites for hydroxylation is 1. The Morgan fingerprint density at radius 3 is 2.61 bits per heavy atom. The number of amides is 1. The highest BCUT2D eigenvalue weighted by Crippen LogP contribution is 2.23. The zero-order valence-electron chi connectivity index (χ0n) is 10.3. The zero-order valence-corrected chi connectivity index (χ0v) is 11.9. The monoisotopic (exact) mass is 309 g/mol. The summed E-state index contributed by atoms with van der Waals surface area (Å²) in [5.74, 6) is -0.344.